The van der Waals surface area contributed by atoms with E-state index in [1.165, 1.54) is 5.56 Å². The van der Waals surface area contributed by atoms with Gasteiger partial charge in [-0.2, -0.15) is 0 Å². The molecule has 4 nitrogen and oxygen atoms in total. The Labute approximate surface area is 107 Å². The molecule has 2 aromatic rings. The molecule has 3 rings (SSSR count). The zero-order valence-corrected chi connectivity index (χ0v) is 10.9. The van der Waals surface area contributed by atoms with E-state index in [-0.39, 0.29) is 0 Å². The number of hydrogen-bond acceptors (Lipinski definition) is 3. The number of aromatic amines is 1. The lowest BCUT2D eigenvalue weighted by Crippen LogP contribution is -2.13. The summed E-state index contributed by atoms with van der Waals surface area (Å²) in [6.07, 6.45) is 7.04. The number of rotatable bonds is 3. The van der Waals surface area contributed by atoms with Gasteiger partial charge in [0.2, 0.25) is 0 Å². The molecule has 1 aliphatic rings. The average molecular weight is 242 g/mol. The number of nitrogens with one attached hydrogen (secondary N) is 1. The second-order valence-electron chi connectivity index (χ2n) is 4.87. The maximum atomic E-state index is 4.55. The molecule has 0 radical (unpaired) electrons. The zero-order chi connectivity index (χ0) is 12.5. The summed E-state index contributed by atoms with van der Waals surface area (Å²) >= 11 is 0. The lowest BCUT2D eigenvalue weighted by Gasteiger charge is -2.10. The van der Waals surface area contributed by atoms with E-state index in [0.717, 1.165) is 48.7 Å². The number of pyridine rings is 1. The smallest absolute Gasteiger partial charge is 0.131 e. The van der Waals surface area contributed by atoms with Crippen LogP contribution in [0, 0.1) is 0 Å². The first-order valence-electron chi connectivity index (χ1n) is 6.52. The molecule has 4 heteroatoms. The number of likely N-dealkylation sites (N-methyl/N-ethyl adjacent to an activating group) is 1. The van der Waals surface area contributed by atoms with Crippen LogP contribution in [0.1, 0.15) is 24.7 Å². The lowest BCUT2D eigenvalue weighted by atomic mass is 10.1. The zero-order valence-electron chi connectivity index (χ0n) is 10.9. The molecule has 1 N–H and O–H groups in total. The molecule has 18 heavy (non-hydrogen) atoms. The minimum atomic E-state index is 1.00. The van der Waals surface area contributed by atoms with Crippen LogP contribution in [-0.2, 0) is 12.8 Å². The van der Waals surface area contributed by atoms with Gasteiger partial charge in [0.25, 0.3) is 0 Å². The fourth-order valence-electron chi connectivity index (χ4n) is 2.45. The van der Waals surface area contributed by atoms with Gasteiger partial charge in [-0.15, -0.1) is 0 Å². The SMILES string of the molecule is CCCc1ncc(-c2cnc3c(c2)CCN3C)[nH]1. The molecule has 0 atom stereocenters. The van der Waals surface area contributed by atoms with Crippen molar-refractivity contribution < 1.29 is 0 Å². The van der Waals surface area contributed by atoms with E-state index in [1.807, 2.05) is 12.4 Å². The van der Waals surface area contributed by atoms with Crippen LogP contribution in [0.5, 0.6) is 0 Å². The molecule has 0 aromatic carbocycles. The number of H-pyrrole nitrogens is 1. The van der Waals surface area contributed by atoms with E-state index in [2.05, 4.69) is 39.9 Å². The molecular formula is C14H18N4. The van der Waals surface area contributed by atoms with Crippen molar-refractivity contribution in [3.63, 3.8) is 0 Å². The highest BCUT2D eigenvalue weighted by Gasteiger charge is 2.17. The first kappa shape index (κ1) is 11.3. The lowest BCUT2D eigenvalue weighted by molar-refractivity contribution is 0.857. The minimum Gasteiger partial charge on any atom is -0.359 e. The number of fused-ring (bicyclic) bond motifs is 1. The van der Waals surface area contributed by atoms with Crippen molar-refractivity contribution in [1.82, 2.24) is 15.0 Å². The van der Waals surface area contributed by atoms with Gasteiger partial charge in [-0.1, -0.05) is 6.92 Å². The molecule has 0 fully saturated rings. The summed E-state index contributed by atoms with van der Waals surface area (Å²) in [6, 6.07) is 2.23. The molecule has 3 heterocycles. The van der Waals surface area contributed by atoms with Gasteiger partial charge in [0, 0.05) is 31.8 Å². The fourth-order valence-corrected chi connectivity index (χ4v) is 2.45. The van der Waals surface area contributed by atoms with Crippen LogP contribution in [0.4, 0.5) is 5.82 Å². The number of anilines is 1. The Hall–Kier alpha value is -1.84. The Morgan fingerprint density at radius 3 is 3.06 bits per heavy atom. The monoisotopic (exact) mass is 242 g/mol. The first-order chi connectivity index (χ1) is 8.78. The van der Waals surface area contributed by atoms with E-state index < -0.39 is 0 Å². The topological polar surface area (TPSA) is 44.8 Å². The van der Waals surface area contributed by atoms with E-state index in [4.69, 9.17) is 0 Å². The van der Waals surface area contributed by atoms with Crippen LogP contribution in [0.25, 0.3) is 11.3 Å². The van der Waals surface area contributed by atoms with Crippen LogP contribution in [0.2, 0.25) is 0 Å². The van der Waals surface area contributed by atoms with Crippen LogP contribution in [-0.4, -0.2) is 28.5 Å². The van der Waals surface area contributed by atoms with Crippen molar-refractivity contribution >= 4 is 5.82 Å². The van der Waals surface area contributed by atoms with Crippen molar-refractivity contribution in [2.75, 3.05) is 18.5 Å². The Morgan fingerprint density at radius 2 is 2.22 bits per heavy atom. The summed E-state index contributed by atoms with van der Waals surface area (Å²) in [4.78, 5) is 14.5. The van der Waals surface area contributed by atoms with Crippen molar-refractivity contribution in [1.29, 1.82) is 0 Å². The molecule has 0 spiro atoms. The Bertz CT molecular complexity index is 559. The fraction of sp³-hybridized carbons (Fsp3) is 0.429. The predicted octanol–water partition coefficient (Wildman–Crippen LogP) is 2.42. The van der Waals surface area contributed by atoms with Gasteiger partial charge in [-0.3, -0.25) is 0 Å². The van der Waals surface area contributed by atoms with Gasteiger partial charge in [-0.05, 0) is 24.5 Å². The van der Waals surface area contributed by atoms with Crippen molar-refractivity contribution in [3.8, 4) is 11.3 Å². The third-order valence-corrected chi connectivity index (χ3v) is 3.45. The maximum Gasteiger partial charge on any atom is 0.131 e. The van der Waals surface area contributed by atoms with Crippen LogP contribution in [0.3, 0.4) is 0 Å². The number of imidazole rings is 1. The maximum absolute atomic E-state index is 4.55. The molecule has 1 aliphatic heterocycles. The largest absolute Gasteiger partial charge is 0.359 e. The molecule has 2 aromatic heterocycles. The summed E-state index contributed by atoms with van der Waals surface area (Å²) in [6.45, 7) is 3.23. The highest BCUT2D eigenvalue weighted by molar-refractivity contribution is 5.64. The second kappa shape index (κ2) is 4.44. The third kappa shape index (κ3) is 1.88. The number of aryl methyl sites for hydroxylation is 1. The average Bonchev–Trinajstić information content (AvgIpc) is 2.97. The molecule has 0 saturated heterocycles. The second-order valence-corrected chi connectivity index (χ2v) is 4.87. The van der Waals surface area contributed by atoms with E-state index in [0.29, 0.717) is 0 Å². The predicted molar refractivity (Wildman–Crippen MR) is 72.8 cm³/mol. The highest BCUT2D eigenvalue weighted by atomic mass is 15.2. The molecule has 0 saturated carbocycles. The Kier molecular flexibility index (Phi) is 2.78. The van der Waals surface area contributed by atoms with Gasteiger partial charge in [0.05, 0.1) is 11.9 Å². The van der Waals surface area contributed by atoms with Gasteiger partial charge in [0.15, 0.2) is 0 Å². The summed E-state index contributed by atoms with van der Waals surface area (Å²) in [5.41, 5.74) is 3.55. The van der Waals surface area contributed by atoms with Gasteiger partial charge < -0.3 is 9.88 Å². The summed E-state index contributed by atoms with van der Waals surface area (Å²) in [5, 5.41) is 0. The van der Waals surface area contributed by atoms with Gasteiger partial charge >= 0.3 is 0 Å². The molecule has 0 amide bonds. The standard InChI is InChI=1S/C14H18N4/c1-3-4-13-15-9-12(17-13)11-7-10-5-6-18(2)14(10)16-8-11/h7-9H,3-6H2,1-2H3,(H,15,17). The van der Waals surface area contributed by atoms with Crippen LogP contribution in [0.15, 0.2) is 18.5 Å². The minimum absolute atomic E-state index is 1.00. The number of aromatic nitrogens is 3. The number of hydrogen-bond donors (Lipinski definition) is 1. The summed E-state index contributed by atoms with van der Waals surface area (Å²) in [7, 11) is 2.09. The van der Waals surface area contributed by atoms with Gasteiger partial charge in [-0.25, -0.2) is 9.97 Å². The molecule has 0 unspecified atom stereocenters. The highest BCUT2D eigenvalue weighted by Crippen LogP contribution is 2.28. The van der Waals surface area contributed by atoms with Crippen LogP contribution < -0.4 is 4.90 Å². The third-order valence-electron chi connectivity index (χ3n) is 3.45. The van der Waals surface area contributed by atoms with E-state index in [9.17, 15) is 0 Å². The van der Waals surface area contributed by atoms with E-state index >= 15 is 0 Å². The van der Waals surface area contributed by atoms with Gasteiger partial charge in [0.1, 0.15) is 11.6 Å². The summed E-state index contributed by atoms with van der Waals surface area (Å²) in [5.74, 6) is 2.18. The summed E-state index contributed by atoms with van der Waals surface area (Å²) < 4.78 is 0. The Balaban J connectivity index is 1.92. The number of nitrogens with zero attached hydrogens (tertiary/aromatic N) is 3. The molecule has 0 aliphatic carbocycles. The Morgan fingerprint density at radius 1 is 1.33 bits per heavy atom. The quantitative estimate of drug-likeness (QED) is 0.899. The molecular weight excluding hydrogens is 224 g/mol. The van der Waals surface area contributed by atoms with Crippen molar-refractivity contribution in [3.05, 3.63) is 29.8 Å². The molecule has 94 valence electrons. The van der Waals surface area contributed by atoms with Crippen molar-refractivity contribution in [2.24, 2.45) is 0 Å². The first-order valence-corrected chi connectivity index (χ1v) is 6.52. The van der Waals surface area contributed by atoms with E-state index in [1.54, 1.807) is 0 Å². The van der Waals surface area contributed by atoms with Crippen LogP contribution >= 0.6 is 0 Å². The normalized spacial score (nSPS) is 14.0. The molecule has 0 bridgehead atoms. The van der Waals surface area contributed by atoms with Crippen molar-refractivity contribution in [2.45, 2.75) is 26.2 Å².